The largest absolute Gasteiger partial charge is 0.353 e. The molecule has 2 fully saturated rings. The van der Waals surface area contributed by atoms with Gasteiger partial charge in [0.2, 0.25) is 5.91 Å². The van der Waals surface area contributed by atoms with E-state index in [0.717, 1.165) is 25.4 Å². The predicted octanol–water partition coefficient (Wildman–Crippen LogP) is 1.37. The Morgan fingerprint density at radius 1 is 1.26 bits per heavy atom. The number of rotatable bonds is 7. The van der Waals surface area contributed by atoms with Crippen LogP contribution in [0.2, 0.25) is 0 Å². The minimum absolute atomic E-state index is 0.179. The van der Waals surface area contributed by atoms with E-state index in [4.69, 9.17) is 0 Å². The van der Waals surface area contributed by atoms with Crippen LogP contribution in [0.5, 0.6) is 0 Å². The number of nitrogens with one attached hydrogen (secondary N) is 2. The first-order valence-electron chi connectivity index (χ1n) is 7.92. The number of hydrogen-bond acceptors (Lipinski definition) is 3. The van der Waals surface area contributed by atoms with Crippen LogP contribution in [0.15, 0.2) is 0 Å². The molecule has 2 N–H and O–H groups in total. The van der Waals surface area contributed by atoms with Gasteiger partial charge in [-0.25, -0.2) is 0 Å². The molecule has 0 aromatic carbocycles. The molecule has 1 saturated carbocycles. The highest BCUT2D eigenvalue weighted by molar-refractivity contribution is 5.78. The van der Waals surface area contributed by atoms with Crippen molar-refractivity contribution >= 4 is 5.91 Å². The summed E-state index contributed by atoms with van der Waals surface area (Å²) in [5.74, 6) is 1.14. The Kier molecular flexibility index (Phi) is 5.64. The third kappa shape index (κ3) is 5.49. The van der Waals surface area contributed by atoms with Crippen molar-refractivity contribution in [3.05, 3.63) is 0 Å². The highest BCUT2D eigenvalue weighted by Gasteiger charge is 2.25. The number of carbonyl (C=O) groups is 1. The van der Waals surface area contributed by atoms with Gasteiger partial charge in [-0.15, -0.1) is 0 Å². The van der Waals surface area contributed by atoms with E-state index in [2.05, 4.69) is 29.4 Å². The second kappa shape index (κ2) is 7.25. The van der Waals surface area contributed by atoms with Crippen LogP contribution < -0.4 is 10.6 Å². The van der Waals surface area contributed by atoms with Crippen molar-refractivity contribution in [2.45, 2.75) is 58.0 Å². The molecule has 0 aromatic heterocycles. The first kappa shape index (κ1) is 14.8. The molecule has 1 amide bonds. The lowest BCUT2D eigenvalue weighted by molar-refractivity contribution is -0.123. The zero-order valence-electron chi connectivity index (χ0n) is 12.5. The van der Waals surface area contributed by atoms with Crippen molar-refractivity contribution in [2.24, 2.45) is 5.92 Å². The maximum absolute atomic E-state index is 11.8. The number of piperidine rings is 1. The fourth-order valence-electron chi connectivity index (χ4n) is 2.58. The summed E-state index contributed by atoms with van der Waals surface area (Å²) >= 11 is 0. The molecule has 0 spiro atoms. The van der Waals surface area contributed by atoms with Crippen molar-refractivity contribution < 1.29 is 4.79 Å². The Balaban J connectivity index is 1.58. The van der Waals surface area contributed by atoms with Crippen LogP contribution in [0.3, 0.4) is 0 Å². The second-order valence-electron chi connectivity index (χ2n) is 6.28. The summed E-state index contributed by atoms with van der Waals surface area (Å²) < 4.78 is 0. The molecule has 1 aliphatic carbocycles. The maximum Gasteiger partial charge on any atom is 0.234 e. The van der Waals surface area contributed by atoms with E-state index in [0.29, 0.717) is 18.6 Å². The smallest absolute Gasteiger partial charge is 0.234 e. The fourth-order valence-corrected chi connectivity index (χ4v) is 2.58. The van der Waals surface area contributed by atoms with E-state index in [9.17, 15) is 4.79 Å². The normalized spacial score (nSPS) is 23.3. The predicted molar refractivity (Wildman–Crippen MR) is 78.1 cm³/mol. The molecule has 110 valence electrons. The summed E-state index contributed by atoms with van der Waals surface area (Å²) in [5.41, 5.74) is 0. The molecular weight excluding hydrogens is 238 g/mol. The summed E-state index contributed by atoms with van der Waals surface area (Å²) in [6.07, 6.45) is 6.20. The van der Waals surface area contributed by atoms with Gasteiger partial charge in [-0.1, -0.05) is 6.92 Å². The summed E-state index contributed by atoms with van der Waals surface area (Å²) in [6.45, 7) is 8.04. The zero-order valence-corrected chi connectivity index (χ0v) is 12.5. The van der Waals surface area contributed by atoms with Gasteiger partial charge in [0.05, 0.1) is 6.54 Å². The van der Waals surface area contributed by atoms with Gasteiger partial charge in [0, 0.05) is 25.2 Å². The van der Waals surface area contributed by atoms with Gasteiger partial charge in [0.25, 0.3) is 0 Å². The van der Waals surface area contributed by atoms with Crippen LogP contribution in [0, 0.1) is 5.92 Å². The van der Waals surface area contributed by atoms with E-state index in [-0.39, 0.29) is 5.91 Å². The highest BCUT2D eigenvalue weighted by Crippen LogP contribution is 2.28. The first-order valence-corrected chi connectivity index (χ1v) is 7.92. The molecule has 0 aromatic rings. The lowest BCUT2D eigenvalue weighted by Gasteiger charge is -2.32. The summed E-state index contributed by atoms with van der Waals surface area (Å²) in [7, 11) is 0. The van der Waals surface area contributed by atoms with Gasteiger partial charge in [0.1, 0.15) is 0 Å². The number of carbonyl (C=O) groups excluding carboxylic acids is 1. The number of hydrogen-bond donors (Lipinski definition) is 2. The van der Waals surface area contributed by atoms with Crippen LogP contribution in [0.4, 0.5) is 0 Å². The monoisotopic (exact) mass is 267 g/mol. The SMILES string of the molecule is CCC(C)NC(=O)CN1CCC(NCC2CC2)CC1. The molecule has 2 rings (SSSR count). The molecule has 1 atom stereocenters. The summed E-state index contributed by atoms with van der Waals surface area (Å²) in [4.78, 5) is 14.1. The first-order chi connectivity index (χ1) is 9.17. The van der Waals surface area contributed by atoms with Gasteiger partial charge >= 0.3 is 0 Å². The van der Waals surface area contributed by atoms with Crippen molar-refractivity contribution in [1.82, 2.24) is 15.5 Å². The molecular formula is C15H29N3O. The fraction of sp³-hybridized carbons (Fsp3) is 0.933. The zero-order chi connectivity index (χ0) is 13.7. The molecule has 4 nitrogen and oxygen atoms in total. The molecule has 1 unspecified atom stereocenters. The van der Waals surface area contributed by atoms with Crippen LogP contribution in [-0.4, -0.2) is 49.1 Å². The number of nitrogens with zero attached hydrogens (tertiary/aromatic N) is 1. The number of likely N-dealkylation sites (tertiary alicyclic amines) is 1. The molecule has 2 aliphatic rings. The second-order valence-corrected chi connectivity index (χ2v) is 6.28. The van der Waals surface area contributed by atoms with E-state index < -0.39 is 0 Å². The van der Waals surface area contributed by atoms with Crippen LogP contribution in [0.1, 0.15) is 46.0 Å². The minimum atomic E-state index is 0.179. The summed E-state index contributed by atoms with van der Waals surface area (Å²) in [6, 6.07) is 0.972. The van der Waals surface area contributed by atoms with Gasteiger partial charge < -0.3 is 10.6 Å². The quantitative estimate of drug-likeness (QED) is 0.732. The van der Waals surface area contributed by atoms with Gasteiger partial charge in [0.15, 0.2) is 0 Å². The third-order valence-electron chi connectivity index (χ3n) is 4.37. The van der Waals surface area contributed by atoms with Crippen LogP contribution >= 0.6 is 0 Å². The van der Waals surface area contributed by atoms with Crippen molar-refractivity contribution in [1.29, 1.82) is 0 Å². The average Bonchev–Trinajstić information content (AvgIpc) is 3.21. The Hall–Kier alpha value is -0.610. The van der Waals surface area contributed by atoms with Crippen molar-refractivity contribution in [3.8, 4) is 0 Å². The Morgan fingerprint density at radius 2 is 1.95 bits per heavy atom. The molecule has 0 bridgehead atoms. The van der Waals surface area contributed by atoms with Gasteiger partial charge in [-0.2, -0.15) is 0 Å². The third-order valence-corrected chi connectivity index (χ3v) is 4.37. The molecule has 0 radical (unpaired) electrons. The van der Waals surface area contributed by atoms with E-state index >= 15 is 0 Å². The molecule has 19 heavy (non-hydrogen) atoms. The van der Waals surface area contributed by atoms with Gasteiger partial charge in [-0.3, -0.25) is 9.69 Å². The van der Waals surface area contributed by atoms with Crippen molar-refractivity contribution in [2.75, 3.05) is 26.2 Å². The highest BCUT2D eigenvalue weighted by atomic mass is 16.2. The van der Waals surface area contributed by atoms with Crippen LogP contribution in [0.25, 0.3) is 0 Å². The van der Waals surface area contributed by atoms with E-state index in [1.165, 1.54) is 32.2 Å². The van der Waals surface area contributed by atoms with E-state index in [1.54, 1.807) is 0 Å². The Bertz CT molecular complexity index is 283. The Labute approximate surface area is 117 Å². The van der Waals surface area contributed by atoms with Crippen molar-refractivity contribution in [3.63, 3.8) is 0 Å². The number of amides is 1. The molecule has 1 heterocycles. The topological polar surface area (TPSA) is 44.4 Å². The minimum Gasteiger partial charge on any atom is -0.353 e. The molecule has 4 heteroatoms. The van der Waals surface area contributed by atoms with Gasteiger partial charge in [-0.05, 0) is 51.5 Å². The molecule has 1 aliphatic heterocycles. The maximum atomic E-state index is 11.8. The lowest BCUT2D eigenvalue weighted by Crippen LogP contribution is -2.47. The Morgan fingerprint density at radius 3 is 2.53 bits per heavy atom. The standard InChI is InChI=1S/C15H29N3O/c1-3-12(2)17-15(19)11-18-8-6-14(7-9-18)16-10-13-4-5-13/h12-14,16H,3-11H2,1-2H3,(H,17,19). The lowest BCUT2D eigenvalue weighted by atomic mass is 10.0. The molecule has 1 saturated heterocycles. The summed E-state index contributed by atoms with van der Waals surface area (Å²) in [5, 5.41) is 6.71. The van der Waals surface area contributed by atoms with Crippen LogP contribution in [-0.2, 0) is 4.79 Å². The van der Waals surface area contributed by atoms with E-state index in [1.807, 2.05) is 0 Å². The average molecular weight is 267 g/mol.